The fourth-order valence-corrected chi connectivity index (χ4v) is 10.7. The highest BCUT2D eigenvalue weighted by molar-refractivity contribution is 5.95. The molecule has 4 heteroatoms. The van der Waals surface area contributed by atoms with Gasteiger partial charge in [0.05, 0.1) is 0 Å². The van der Waals surface area contributed by atoms with Crippen LogP contribution in [-0.4, -0.2) is 10.2 Å². The first kappa shape index (κ1) is 42.8. The molecule has 0 fully saturated rings. The van der Waals surface area contributed by atoms with Crippen molar-refractivity contribution in [1.29, 1.82) is 0 Å². The molecule has 10 aromatic rings. The summed E-state index contributed by atoms with van der Waals surface area (Å²) in [5.41, 5.74) is 26.2. The summed E-state index contributed by atoms with van der Waals surface area (Å²) >= 11 is 0. The second-order valence-corrected chi connectivity index (χ2v) is 17.6. The van der Waals surface area contributed by atoms with E-state index in [4.69, 9.17) is 4.42 Å². The number of hydrogen-bond donors (Lipinski definition) is 0. The third-order valence-corrected chi connectivity index (χ3v) is 13.4. The molecule has 0 atom stereocenters. The predicted octanol–water partition coefficient (Wildman–Crippen LogP) is 17.4. The van der Waals surface area contributed by atoms with Gasteiger partial charge < -0.3 is 9.32 Å². The van der Waals surface area contributed by atoms with E-state index in [0.29, 0.717) is 11.8 Å². The van der Waals surface area contributed by atoms with Gasteiger partial charge in [-0.1, -0.05) is 152 Å². The normalized spacial score (nSPS) is 11.2. The van der Waals surface area contributed by atoms with Crippen molar-refractivity contribution < 1.29 is 4.42 Å². The second-order valence-electron chi connectivity index (χ2n) is 17.6. The van der Waals surface area contributed by atoms with Crippen molar-refractivity contribution in [3.05, 3.63) is 233 Å². The lowest BCUT2D eigenvalue weighted by Gasteiger charge is -2.28. The first-order valence-corrected chi connectivity index (χ1v) is 23.1. The molecule has 0 amide bonds. The zero-order chi connectivity index (χ0) is 46.2. The van der Waals surface area contributed by atoms with Gasteiger partial charge in [-0.2, -0.15) is 0 Å². The van der Waals surface area contributed by atoms with Gasteiger partial charge in [0.2, 0.25) is 11.8 Å². The number of benzene rings is 9. The zero-order valence-corrected chi connectivity index (χ0v) is 39.2. The van der Waals surface area contributed by atoms with E-state index < -0.39 is 0 Å². The van der Waals surface area contributed by atoms with Crippen LogP contribution >= 0.6 is 0 Å². The predicted molar refractivity (Wildman–Crippen MR) is 280 cm³/mol. The van der Waals surface area contributed by atoms with Crippen molar-refractivity contribution in [2.75, 3.05) is 4.90 Å². The number of rotatable bonds is 10. The minimum Gasteiger partial charge on any atom is -0.421 e. The van der Waals surface area contributed by atoms with Crippen molar-refractivity contribution >= 4 is 17.1 Å². The Hall–Kier alpha value is -8.08. The summed E-state index contributed by atoms with van der Waals surface area (Å²) < 4.78 is 5.99. The molecule has 1 aromatic heterocycles. The monoisotopic (exact) mass is 867 g/mol. The molecule has 10 rings (SSSR count). The maximum Gasteiger partial charge on any atom is 0.247 e. The Morgan fingerprint density at radius 1 is 0.284 bits per heavy atom. The smallest absolute Gasteiger partial charge is 0.247 e. The zero-order valence-electron chi connectivity index (χ0n) is 39.2. The largest absolute Gasteiger partial charge is 0.421 e. The summed E-state index contributed by atoms with van der Waals surface area (Å²) in [6.07, 6.45) is 0. The van der Waals surface area contributed by atoms with Crippen LogP contribution in [0.2, 0.25) is 0 Å². The average Bonchev–Trinajstić information content (AvgIpc) is 3.79. The lowest BCUT2D eigenvalue weighted by molar-refractivity contribution is 0.533. The van der Waals surface area contributed by atoms with Crippen LogP contribution in [0.3, 0.4) is 0 Å². The third kappa shape index (κ3) is 7.95. The molecule has 0 spiro atoms. The molecule has 1 heterocycles. The molecule has 0 saturated carbocycles. The van der Waals surface area contributed by atoms with E-state index in [1.165, 1.54) is 89.0 Å². The highest BCUT2D eigenvalue weighted by Crippen LogP contribution is 2.48. The molecule has 326 valence electrons. The third-order valence-electron chi connectivity index (χ3n) is 13.4. The Labute approximate surface area is 394 Å². The van der Waals surface area contributed by atoms with Crippen molar-refractivity contribution in [2.24, 2.45) is 0 Å². The number of anilines is 3. The summed E-state index contributed by atoms with van der Waals surface area (Å²) in [4.78, 5) is 2.36. The van der Waals surface area contributed by atoms with Crippen LogP contribution in [0.5, 0.6) is 0 Å². The Bertz CT molecular complexity index is 3090. The van der Waals surface area contributed by atoms with Gasteiger partial charge in [0, 0.05) is 29.5 Å². The second kappa shape index (κ2) is 18.1. The van der Waals surface area contributed by atoms with Crippen molar-refractivity contribution in [1.82, 2.24) is 10.2 Å². The van der Waals surface area contributed by atoms with Crippen LogP contribution in [0.1, 0.15) is 39.3 Å². The van der Waals surface area contributed by atoms with Crippen LogP contribution in [0.4, 0.5) is 17.1 Å². The Morgan fingerprint density at radius 3 is 0.851 bits per heavy atom. The molecule has 0 unspecified atom stereocenters. The van der Waals surface area contributed by atoms with E-state index in [-0.39, 0.29) is 0 Å². The van der Waals surface area contributed by atoms with Gasteiger partial charge in [0.15, 0.2) is 0 Å². The number of aryl methyl sites for hydroxylation is 1. The quantitative estimate of drug-likeness (QED) is 0.137. The van der Waals surface area contributed by atoms with Crippen LogP contribution in [0.25, 0.3) is 78.2 Å². The van der Waals surface area contributed by atoms with Gasteiger partial charge >= 0.3 is 0 Å². The van der Waals surface area contributed by atoms with E-state index in [9.17, 15) is 0 Å². The molecule has 67 heavy (non-hydrogen) atoms. The molecular formula is C63H53N3O. The fraction of sp³-hybridized carbons (Fsp3) is 0.111. The Balaban J connectivity index is 1.20. The Kier molecular flexibility index (Phi) is 11.6. The van der Waals surface area contributed by atoms with E-state index in [1.807, 2.05) is 13.0 Å². The number of nitrogens with zero attached hydrogens (tertiary/aromatic N) is 3. The molecule has 0 radical (unpaired) electrons. The molecule has 0 bridgehead atoms. The van der Waals surface area contributed by atoms with E-state index in [1.54, 1.807) is 0 Å². The minimum absolute atomic E-state index is 0.488. The molecule has 0 aliphatic carbocycles. The summed E-state index contributed by atoms with van der Waals surface area (Å²) in [6, 6.07) is 69.8. The molecular weight excluding hydrogens is 815 g/mol. The standard InChI is InChI=1S/C63H53N3O/c1-40-57(47-23-12-8-13-24-47)42(3)61(43(4)58(40)48-25-14-9-15-26-48)51-31-20-34-54(37-51)66(56-36-22-33-53(39-56)63-65-64-46(7)67-63)55-35-21-32-52(38-55)62-44(5)59(49-27-16-10-17-28-49)41(2)60(45(62)6)50-29-18-11-19-30-50/h8-39H,1-7H3. The van der Waals surface area contributed by atoms with Gasteiger partial charge in [-0.15, -0.1) is 10.2 Å². The first-order chi connectivity index (χ1) is 32.7. The highest BCUT2D eigenvalue weighted by Gasteiger charge is 2.24. The van der Waals surface area contributed by atoms with Crippen molar-refractivity contribution in [2.45, 2.75) is 48.5 Å². The van der Waals surface area contributed by atoms with Crippen molar-refractivity contribution in [3.63, 3.8) is 0 Å². The summed E-state index contributed by atoms with van der Waals surface area (Å²) in [6.45, 7) is 15.5. The molecule has 0 saturated heterocycles. The molecule has 0 aliphatic heterocycles. The summed E-state index contributed by atoms with van der Waals surface area (Å²) in [5, 5.41) is 8.59. The first-order valence-electron chi connectivity index (χ1n) is 23.1. The van der Waals surface area contributed by atoms with Crippen LogP contribution in [0.15, 0.2) is 199 Å². The van der Waals surface area contributed by atoms with E-state index >= 15 is 0 Å². The topological polar surface area (TPSA) is 42.2 Å². The number of aromatic nitrogens is 2. The Morgan fingerprint density at radius 2 is 0.552 bits per heavy atom. The highest BCUT2D eigenvalue weighted by atomic mass is 16.4. The maximum absolute atomic E-state index is 5.99. The molecule has 0 aliphatic rings. The fourth-order valence-electron chi connectivity index (χ4n) is 10.7. The number of hydrogen-bond acceptors (Lipinski definition) is 4. The van der Waals surface area contributed by atoms with Gasteiger partial charge in [0.25, 0.3) is 0 Å². The van der Waals surface area contributed by atoms with Gasteiger partial charge in [0.1, 0.15) is 0 Å². The summed E-state index contributed by atoms with van der Waals surface area (Å²) in [7, 11) is 0. The minimum atomic E-state index is 0.488. The van der Waals surface area contributed by atoms with Crippen LogP contribution in [0, 0.1) is 48.5 Å². The molecule has 4 nitrogen and oxygen atoms in total. The van der Waals surface area contributed by atoms with Gasteiger partial charge in [-0.05, 0) is 184 Å². The van der Waals surface area contributed by atoms with E-state index in [0.717, 1.165) is 33.8 Å². The van der Waals surface area contributed by atoms with Crippen LogP contribution in [-0.2, 0) is 0 Å². The summed E-state index contributed by atoms with van der Waals surface area (Å²) in [5.74, 6) is 1.02. The molecule has 0 N–H and O–H groups in total. The maximum atomic E-state index is 5.99. The lowest BCUT2D eigenvalue weighted by Crippen LogP contribution is -2.11. The van der Waals surface area contributed by atoms with Crippen molar-refractivity contribution in [3.8, 4) is 78.2 Å². The SMILES string of the molecule is Cc1nnc(-c2cccc(N(c3cccc(-c4c(C)c(-c5ccccc5)c(C)c(-c5ccccc5)c4C)c3)c3cccc(-c4c(C)c(-c5ccccc5)c(C)c(-c5ccccc5)c4C)c3)c2)o1. The average molecular weight is 868 g/mol. The van der Waals surface area contributed by atoms with Crippen LogP contribution < -0.4 is 4.90 Å². The van der Waals surface area contributed by atoms with Gasteiger partial charge in [-0.3, -0.25) is 0 Å². The molecule has 9 aromatic carbocycles. The lowest BCUT2D eigenvalue weighted by atomic mass is 9.80. The van der Waals surface area contributed by atoms with E-state index in [2.05, 4.69) is 245 Å². The van der Waals surface area contributed by atoms with Gasteiger partial charge in [-0.25, -0.2) is 0 Å².